The fourth-order valence-electron chi connectivity index (χ4n) is 2.53. The number of nitrogens with zero attached hydrogens (tertiary/aromatic N) is 3. The number of anilines is 1. The molecule has 0 unspecified atom stereocenters. The van der Waals surface area contributed by atoms with E-state index in [0.29, 0.717) is 18.0 Å². The van der Waals surface area contributed by atoms with Crippen molar-refractivity contribution in [1.29, 1.82) is 0 Å². The molecule has 0 saturated heterocycles. The van der Waals surface area contributed by atoms with Crippen molar-refractivity contribution in [2.24, 2.45) is 0 Å². The van der Waals surface area contributed by atoms with E-state index < -0.39 is 0 Å². The summed E-state index contributed by atoms with van der Waals surface area (Å²) in [4.78, 5) is 25.7. The summed E-state index contributed by atoms with van der Waals surface area (Å²) in [5.74, 6) is 0.178. The molecule has 1 aliphatic heterocycles. The first-order chi connectivity index (χ1) is 11.1. The Morgan fingerprint density at radius 3 is 3.00 bits per heavy atom. The Balaban J connectivity index is 1.62. The molecule has 120 valence electrons. The summed E-state index contributed by atoms with van der Waals surface area (Å²) >= 11 is 0. The average Bonchev–Trinajstić information content (AvgIpc) is 3.03. The number of hydrogen-bond acceptors (Lipinski definition) is 4. The molecule has 2 aromatic rings. The van der Waals surface area contributed by atoms with Crippen molar-refractivity contribution >= 4 is 17.5 Å². The highest BCUT2D eigenvalue weighted by molar-refractivity contribution is 6.02. The van der Waals surface area contributed by atoms with Gasteiger partial charge in [-0.25, -0.2) is 0 Å². The van der Waals surface area contributed by atoms with Crippen LogP contribution < -0.4 is 15.0 Å². The summed E-state index contributed by atoms with van der Waals surface area (Å²) in [6.07, 6.45) is 3.53. The first-order valence-corrected chi connectivity index (χ1v) is 7.42. The van der Waals surface area contributed by atoms with Crippen LogP contribution in [0.1, 0.15) is 6.92 Å². The number of carbonyl (C=O) groups excluding carboxylic acids is 2. The quantitative estimate of drug-likeness (QED) is 0.886. The van der Waals surface area contributed by atoms with E-state index in [-0.39, 0.29) is 31.0 Å². The monoisotopic (exact) mass is 314 g/mol. The molecule has 2 amide bonds. The summed E-state index contributed by atoms with van der Waals surface area (Å²) in [6, 6.07) is 8.94. The molecular formula is C16H18N4O3. The Morgan fingerprint density at radius 2 is 2.22 bits per heavy atom. The second kappa shape index (κ2) is 6.51. The van der Waals surface area contributed by atoms with Gasteiger partial charge in [0, 0.05) is 18.4 Å². The van der Waals surface area contributed by atoms with Crippen LogP contribution in [0, 0.1) is 0 Å². The van der Waals surface area contributed by atoms with E-state index >= 15 is 0 Å². The third-order valence-corrected chi connectivity index (χ3v) is 3.54. The van der Waals surface area contributed by atoms with Crippen LogP contribution in [0.4, 0.5) is 5.69 Å². The van der Waals surface area contributed by atoms with Gasteiger partial charge in [0.25, 0.3) is 5.91 Å². The average molecular weight is 314 g/mol. The van der Waals surface area contributed by atoms with Crippen molar-refractivity contribution in [3.8, 4) is 5.75 Å². The van der Waals surface area contributed by atoms with Gasteiger partial charge < -0.3 is 10.1 Å². The third kappa shape index (κ3) is 3.50. The molecule has 0 aliphatic carbocycles. The summed E-state index contributed by atoms with van der Waals surface area (Å²) < 4.78 is 7.11. The molecule has 3 rings (SSSR count). The van der Waals surface area contributed by atoms with Crippen LogP contribution in [0.15, 0.2) is 42.7 Å². The summed E-state index contributed by atoms with van der Waals surface area (Å²) in [5.41, 5.74) is 0.624. The van der Waals surface area contributed by atoms with Crippen LogP contribution in [-0.4, -0.2) is 40.8 Å². The van der Waals surface area contributed by atoms with Crippen LogP contribution >= 0.6 is 0 Å². The van der Waals surface area contributed by atoms with Gasteiger partial charge in [-0.1, -0.05) is 12.1 Å². The Morgan fingerprint density at radius 1 is 1.39 bits per heavy atom. The lowest BCUT2D eigenvalue weighted by Crippen LogP contribution is -2.47. The fraction of sp³-hybridized carbons (Fsp3) is 0.312. The molecule has 0 bridgehead atoms. The maximum Gasteiger partial charge on any atom is 0.265 e. The smallest absolute Gasteiger partial charge is 0.265 e. The Hall–Kier alpha value is -2.83. The molecule has 1 N–H and O–H groups in total. The molecule has 0 saturated carbocycles. The minimum Gasteiger partial charge on any atom is -0.482 e. The molecular weight excluding hydrogens is 296 g/mol. The van der Waals surface area contributed by atoms with E-state index in [2.05, 4.69) is 10.4 Å². The van der Waals surface area contributed by atoms with E-state index in [1.807, 2.05) is 31.3 Å². The molecule has 2 heterocycles. The maximum absolute atomic E-state index is 12.2. The minimum absolute atomic E-state index is 0.0251. The van der Waals surface area contributed by atoms with Gasteiger partial charge in [-0.2, -0.15) is 5.10 Å². The van der Waals surface area contributed by atoms with Crippen molar-refractivity contribution < 1.29 is 14.3 Å². The first kappa shape index (κ1) is 15.1. The third-order valence-electron chi connectivity index (χ3n) is 3.54. The minimum atomic E-state index is -0.224. The normalized spacial score (nSPS) is 14.8. The number of fused-ring (bicyclic) bond motifs is 1. The SMILES string of the molecule is C[C@H](Cn1cccn1)NC(=O)CN1C(=O)COc2ccccc21. The molecule has 1 aromatic carbocycles. The van der Waals surface area contributed by atoms with Crippen molar-refractivity contribution in [3.05, 3.63) is 42.7 Å². The predicted octanol–water partition coefficient (Wildman–Crippen LogP) is 0.813. The number of aromatic nitrogens is 2. The number of carbonyl (C=O) groups is 2. The topological polar surface area (TPSA) is 76.5 Å². The highest BCUT2D eigenvalue weighted by Crippen LogP contribution is 2.31. The van der Waals surface area contributed by atoms with E-state index in [1.165, 1.54) is 4.90 Å². The zero-order chi connectivity index (χ0) is 16.2. The van der Waals surface area contributed by atoms with Crippen LogP contribution in [0.2, 0.25) is 0 Å². The van der Waals surface area contributed by atoms with Crippen molar-refractivity contribution in [3.63, 3.8) is 0 Å². The number of ether oxygens (including phenoxy) is 1. The van der Waals surface area contributed by atoms with Gasteiger partial charge in [0.15, 0.2) is 6.61 Å². The number of amides is 2. The van der Waals surface area contributed by atoms with Gasteiger partial charge in [-0.05, 0) is 25.1 Å². The van der Waals surface area contributed by atoms with Crippen LogP contribution in [0.5, 0.6) is 5.75 Å². The fourth-order valence-corrected chi connectivity index (χ4v) is 2.53. The molecule has 1 aromatic heterocycles. The van der Waals surface area contributed by atoms with Gasteiger partial charge in [0.05, 0.1) is 12.2 Å². The Kier molecular flexibility index (Phi) is 4.27. The van der Waals surface area contributed by atoms with Crippen molar-refractivity contribution in [2.45, 2.75) is 19.5 Å². The number of nitrogens with one attached hydrogen (secondary N) is 1. The number of hydrogen-bond donors (Lipinski definition) is 1. The molecule has 7 nitrogen and oxygen atoms in total. The molecule has 7 heteroatoms. The Bertz CT molecular complexity index is 699. The highest BCUT2D eigenvalue weighted by atomic mass is 16.5. The van der Waals surface area contributed by atoms with Gasteiger partial charge >= 0.3 is 0 Å². The number of benzene rings is 1. The number of para-hydroxylation sites is 2. The van der Waals surface area contributed by atoms with Gasteiger partial charge in [-0.15, -0.1) is 0 Å². The zero-order valence-corrected chi connectivity index (χ0v) is 12.8. The maximum atomic E-state index is 12.2. The lowest BCUT2D eigenvalue weighted by molar-refractivity contribution is -0.125. The van der Waals surface area contributed by atoms with Gasteiger partial charge in [0.1, 0.15) is 12.3 Å². The van der Waals surface area contributed by atoms with Gasteiger partial charge in [-0.3, -0.25) is 19.2 Å². The van der Waals surface area contributed by atoms with E-state index in [1.54, 1.807) is 23.0 Å². The molecule has 1 atom stereocenters. The lowest BCUT2D eigenvalue weighted by atomic mass is 10.2. The van der Waals surface area contributed by atoms with E-state index in [9.17, 15) is 9.59 Å². The molecule has 0 fully saturated rings. The predicted molar refractivity (Wildman–Crippen MR) is 84.1 cm³/mol. The second-order valence-corrected chi connectivity index (χ2v) is 5.43. The van der Waals surface area contributed by atoms with E-state index in [4.69, 9.17) is 4.74 Å². The molecule has 23 heavy (non-hydrogen) atoms. The molecule has 0 spiro atoms. The Labute approximate surface area is 133 Å². The lowest BCUT2D eigenvalue weighted by Gasteiger charge is -2.29. The zero-order valence-electron chi connectivity index (χ0n) is 12.8. The molecule has 0 radical (unpaired) electrons. The van der Waals surface area contributed by atoms with Crippen LogP contribution in [0.3, 0.4) is 0 Å². The van der Waals surface area contributed by atoms with Crippen molar-refractivity contribution in [1.82, 2.24) is 15.1 Å². The first-order valence-electron chi connectivity index (χ1n) is 7.42. The van der Waals surface area contributed by atoms with Crippen LogP contribution in [-0.2, 0) is 16.1 Å². The van der Waals surface area contributed by atoms with Crippen molar-refractivity contribution in [2.75, 3.05) is 18.1 Å². The van der Waals surface area contributed by atoms with Gasteiger partial charge in [0.2, 0.25) is 5.91 Å². The van der Waals surface area contributed by atoms with Crippen LogP contribution in [0.25, 0.3) is 0 Å². The summed E-state index contributed by atoms with van der Waals surface area (Å²) in [6.45, 7) is 2.40. The second-order valence-electron chi connectivity index (χ2n) is 5.43. The number of rotatable bonds is 5. The summed E-state index contributed by atoms with van der Waals surface area (Å²) in [7, 11) is 0. The van der Waals surface area contributed by atoms with E-state index in [0.717, 1.165) is 0 Å². The highest BCUT2D eigenvalue weighted by Gasteiger charge is 2.27. The summed E-state index contributed by atoms with van der Waals surface area (Å²) in [5, 5.41) is 6.99. The standard InChI is InChI=1S/C16H18N4O3/c1-12(9-19-8-4-7-17-19)18-15(21)10-20-13-5-2-3-6-14(13)23-11-16(20)22/h2-8,12H,9-11H2,1H3,(H,18,21)/t12-/m1/s1. The largest absolute Gasteiger partial charge is 0.482 e. The molecule has 1 aliphatic rings.